The summed E-state index contributed by atoms with van der Waals surface area (Å²) < 4.78 is 0. The Bertz CT molecular complexity index is 327. The molecule has 1 aromatic rings. The van der Waals surface area contributed by atoms with E-state index < -0.39 is 0 Å². The van der Waals surface area contributed by atoms with Gasteiger partial charge in [-0.25, -0.2) is 0 Å². The Hall–Kier alpha value is -1.18. The number of hydrogen-bond acceptors (Lipinski definition) is 2. The Labute approximate surface area is 92.9 Å². The molecule has 0 aliphatic carbocycles. The van der Waals surface area contributed by atoms with Crippen molar-refractivity contribution in [3.05, 3.63) is 23.8 Å². The zero-order chi connectivity index (χ0) is 11.5. The first-order chi connectivity index (χ1) is 7.02. The van der Waals surface area contributed by atoms with Crippen molar-refractivity contribution in [3.8, 4) is 0 Å². The summed E-state index contributed by atoms with van der Waals surface area (Å²) in [4.78, 5) is 0. The summed E-state index contributed by atoms with van der Waals surface area (Å²) in [7, 11) is 0. The Morgan fingerprint density at radius 3 is 2.40 bits per heavy atom. The van der Waals surface area contributed by atoms with Crippen LogP contribution in [0, 0.1) is 6.92 Å². The summed E-state index contributed by atoms with van der Waals surface area (Å²) >= 11 is 0. The molecule has 15 heavy (non-hydrogen) atoms. The van der Waals surface area contributed by atoms with E-state index in [0.717, 1.165) is 29.8 Å². The minimum atomic E-state index is 0.141. The molecule has 3 N–H and O–H groups in total. The van der Waals surface area contributed by atoms with Crippen molar-refractivity contribution in [1.29, 1.82) is 0 Å². The molecule has 0 saturated carbocycles. The first-order valence-corrected chi connectivity index (χ1v) is 5.65. The van der Waals surface area contributed by atoms with Crippen molar-refractivity contribution in [1.82, 2.24) is 0 Å². The van der Waals surface area contributed by atoms with Crippen LogP contribution in [0.5, 0.6) is 0 Å². The minimum Gasteiger partial charge on any atom is -0.397 e. The first kappa shape index (κ1) is 11.9. The summed E-state index contributed by atoms with van der Waals surface area (Å²) in [5.41, 5.74) is 9.23. The fourth-order valence-electron chi connectivity index (χ4n) is 1.54. The largest absolute Gasteiger partial charge is 0.397 e. The Kier molecular flexibility index (Phi) is 3.61. The number of para-hydroxylation sites is 1. The first-order valence-electron chi connectivity index (χ1n) is 5.65. The highest BCUT2D eigenvalue weighted by Crippen LogP contribution is 2.27. The van der Waals surface area contributed by atoms with Gasteiger partial charge in [0, 0.05) is 5.54 Å². The molecule has 0 aliphatic heterocycles. The molecule has 84 valence electrons. The average Bonchev–Trinajstić information content (AvgIpc) is 2.25. The van der Waals surface area contributed by atoms with Crippen molar-refractivity contribution in [2.45, 2.75) is 46.1 Å². The van der Waals surface area contributed by atoms with Crippen LogP contribution in [0.15, 0.2) is 18.2 Å². The Balaban J connectivity index is 2.94. The van der Waals surface area contributed by atoms with E-state index in [-0.39, 0.29) is 5.54 Å². The smallest absolute Gasteiger partial charge is 0.0580 e. The van der Waals surface area contributed by atoms with Crippen molar-refractivity contribution < 1.29 is 0 Å². The number of aryl methyl sites for hydroxylation is 1. The van der Waals surface area contributed by atoms with Crippen LogP contribution in [-0.4, -0.2) is 5.54 Å². The summed E-state index contributed by atoms with van der Waals surface area (Å²) in [6, 6.07) is 6.13. The molecule has 0 heterocycles. The van der Waals surface area contributed by atoms with Gasteiger partial charge in [-0.15, -0.1) is 0 Å². The van der Waals surface area contributed by atoms with Crippen LogP contribution in [0.2, 0.25) is 0 Å². The number of anilines is 2. The second kappa shape index (κ2) is 4.56. The number of nitrogens with one attached hydrogen (secondary N) is 1. The van der Waals surface area contributed by atoms with Crippen molar-refractivity contribution in [2.75, 3.05) is 11.1 Å². The molecular weight excluding hydrogens is 184 g/mol. The van der Waals surface area contributed by atoms with E-state index in [4.69, 9.17) is 5.73 Å². The lowest BCUT2D eigenvalue weighted by Crippen LogP contribution is -2.33. The zero-order valence-corrected chi connectivity index (χ0v) is 10.2. The average molecular weight is 206 g/mol. The van der Waals surface area contributed by atoms with Gasteiger partial charge in [0.05, 0.1) is 11.4 Å². The van der Waals surface area contributed by atoms with E-state index in [1.54, 1.807) is 0 Å². The maximum absolute atomic E-state index is 6.04. The Morgan fingerprint density at radius 2 is 1.87 bits per heavy atom. The van der Waals surface area contributed by atoms with Crippen LogP contribution < -0.4 is 11.1 Å². The number of nitrogens with two attached hydrogens (primary N) is 1. The number of hydrogen-bond donors (Lipinski definition) is 2. The quantitative estimate of drug-likeness (QED) is 0.739. The zero-order valence-electron chi connectivity index (χ0n) is 10.2. The van der Waals surface area contributed by atoms with Gasteiger partial charge in [0.1, 0.15) is 0 Å². The standard InChI is InChI=1S/C13H22N2/c1-5-13(4,6-2)15-11-9-7-8-10(3)12(11)14/h7-9,15H,5-6,14H2,1-4H3. The van der Waals surface area contributed by atoms with Gasteiger partial charge < -0.3 is 11.1 Å². The van der Waals surface area contributed by atoms with E-state index in [2.05, 4.69) is 26.1 Å². The molecule has 0 bridgehead atoms. The maximum Gasteiger partial charge on any atom is 0.0580 e. The van der Waals surface area contributed by atoms with Gasteiger partial charge in [0.25, 0.3) is 0 Å². The summed E-state index contributed by atoms with van der Waals surface area (Å²) in [5.74, 6) is 0. The third-order valence-corrected chi connectivity index (χ3v) is 3.32. The topological polar surface area (TPSA) is 38.0 Å². The van der Waals surface area contributed by atoms with Gasteiger partial charge in [0.2, 0.25) is 0 Å². The molecule has 0 spiro atoms. The van der Waals surface area contributed by atoms with Crippen LogP contribution in [0.3, 0.4) is 0 Å². The molecule has 1 rings (SSSR count). The molecule has 0 unspecified atom stereocenters. The summed E-state index contributed by atoms with van der Waals surface area (Å²) in [5, 5.41) is 3.54. The molecule has 0 fully saturated rings. The predicted octanol–water partition coefficient (Wildman–Crippen LogP) is 3.57. The normalized spacial score (nSPS) is 11.5. The lowest BCUT2D eigenvalue weighted by Gasteiger charge is -2.30. The fraction of sp³-hybridized carbons (Fsp3) is 0.538. The number of nitrogen functional groups attached to an aromatic ring is 1. The van der Waals surface area contributed by atoms with E-state index in [1.165, 1.54) is 0 Å². The van der Waals surface area contributed by atoms with Gasteiger partial charge in [-0.05, 0) is 38.3 Å². The maximum atomic E-state index is 6.04. The van der Waals surface area contributed by atoms with Gasteiger partial charge in [-0.2, -0.15) is 0 Å². The predicted molar refractivity (Wildman–Crippen MR) is 68.2 cm³/mol. The van der Waals surface area contributed by atoms with Gasteiger partial charge in [-0.1, -0.05) is 26.0 Å². The lowest BCUT2D eigenvalue weighted by molar-refractivity contribution is 0.479. The highest BCUT2D eigenvalue weighted by atomic mass is 15.0. The molecule has 0 saturated heterocycles. The van der Waals surface area contributed by atoms with Crippen LogP contribution in [-0.2, 0) is 0 Å². The van der Waals surface area contributed by atoms with Crippen molar-refractivity contribution in [3.63, 3.8) is 0 Å². The van der Waals surface area contributed by atoms with Crippen molar-refractivity contribution >= 4 is 11.4 Å². The third-order valence-electron chi connectivity index (χ3n) is 3.32. The van der Waals surface area contributed by atoms with E-state index in [0.29, 0.717) is 0 Å². The molecule has 0 aromatic heterocycles. The van der Waals surface area contributed by atoms with Gasteiger partial charge in [0.15, 0.2) is 0 Å². The highest BCUT2D eigenvalue weighted by molar-refractivity contribution is 5.70. The highest BCUT2D eigenvalue weighted by Gasteiger charge is 2.19. The molecule has 0 aliphatic rings. The van der Waals surface area contributed by atoms with Crippen LogP contribution in [0.25, 0.3) is 0 Å². The molecule has 0 amide bonds. The summed E-state index contributed by atoms with van der Waals surface area (Å²) in [6.07, 6.45) is 2.19. The monoisotopic (exact) mass is 206 g/mol. The second-order valence-corrected chi connectivity index (χ2v) is 4.43. The van der Waals surface area contributed by atoms with Gasteiger partial charge in [-0.3, -0.25) is 0 Å². The molecule has 2 heteroatoms. The van der Waals surface area contributed by atoms with Crippen LogP contribution >= 0.6 is 0 Å². The number of rotatable bonds is 4. The van der Waals surface area contributed by atoms with Crippen LogP contribution in [0.4, 0.5) is 11.4 Å². The summed E-state index contributed by atoms with van der Waals surface area (Å²) in [6.45, 7) is 8.66. The molecule has 0 radical (unpaired) electrons. The molecule has 2 nitrogen and oxygen atoms in total. The van der Waals surface area contributed by atoms with E-state index >= 15 is 0 Å². The molecular formula is C13H22N2. The number of benzene rings is 1. The SMILES string of the molecule is CCC(C)(CC)Nc1cccc(C)c1N. The van der Waals surface area contributed by atoms with Gasteiger partial charge >= 0.3 is 0 Å². The minimum absolute atomic E-state index is 0.141. The van der Waals surface area contributed by atoms with E-state index in [1.807, 2.05) is 25.1 Å². The van der Waals surface area contributed by atoms with Crippen LogP contribution in [0.1, 0.15) is 39.2 Å². The molecule has 0 atom stereocenters. The lowest BCUT2D eigenvalue weighted by atomic mass is 9.95. The van der Waals surface area contributed by atoms with Crippen molar-refractivity contribution in [2.24, 2.45) is 0 Å². The third kappa shape index (κ3) is 2.65. The van der Waals surface area contributed by atoms with E-state index in [9.17, 15) is 0 Å². The Morgan fingerprint density at radius 1 is 1.27 bits per heavy atom. The molecule has 1 aromatic carbocycles. The fourth-order valence-corrected chi connectivity index (χ4v) is 1.54. The second-order valence-electron chi connectivity index (χ2n) is 4.43.